The highest BCUT2D eigenvalue weighted by atomic mass is 32.2. The molecule has 1 aliphatic heterocycles. The fraction of sp³-hybridized carbons (Fsp3) is 0.231. The number of aliphatic hydroxyl groups excluding tert-OH is 1. The number of sulfonamides is 1. The van der Waals surface area contributed by atoms with Gasteiger partial charge in [-0.3, -0.25) is 9.59 Å². The minimum absolute atomic E-state index is 0.109. The Hall–Kier alpha value is -3.96. The molecule has 11 heteroatoms. The standard InChI is InChI=1S/C26H26FN3O6S/c27-20-8-10-23(11-9-20)36-30(21-4-2-1-3-5-21)37(34,35)24-12-6-19(7-13-24)26(33)28-18-25(32)29-16-14-22(31)15-17-29/h1-13,22,31H,14-18H2,(H,28,33). The molecule has 4 rings (SSSR count). The van der Waals surface area contributed by atoms with E-state index in [0.717, 1.165) is 16.6 Å². The summed E-state index contributed by atoms with van der Waals surface area (Å²) in [6.07, 6.45) is 0.591. The van der Waals surface area contributed by atoms with E-state index in [1.165, 1.54) is 36.4 Å². The molecule has 1 fully saturated rings. The van der Waals surface area contributed by atoms with Gasteiger partial charge < -0.3 is 20.2 Å². The maximum Gasteiger partial charge on any atom is 0.295 e. The Morgan fingerprint density at radius 1 is 0.973 bits per heavy atom. The number of piperidine rings is 1. The molecule has 2 amide bonds. The van der Waals surface area contributed by atoms with Gasteiger partial charge in [0.2, 0.25) is 5.91 Å². The molecule has 0 aliphatic carbocycles. The lowest BCUT2D eigenvalue weighted by molar-refractivity contribution is -0.132. The number of aliphatic hydroxyl groups is 1. The van der Waals surface area contributed by atoms with E-state index in [0.29, 0.717) is 25.9 Å². The smallest absolute Gasteiger partial charge is 0.295 e. The monoisotopic (exact) mass is 527 g/mol. The number of benzene rings is 3. The molecule has 0 bridgehead atoms. The highest BCUT2D eigenvalue weighted by Gasteiger charge is 2.28. The van der Waals surface area contributed by atoms with E-state index < -0.39 is 27.9 Å². The molecule has 0 aromatic heterocycles. The van der Waals surface area contributed by atoms with Gasteiger partial charge in [0, 0.05) is 18.7 Å². The number of likely N-dealkylation sites (tertiary alicyclic amines) is 1. The maximum absolute atomic E-state index is 13.5. The lowest BCUT2D eigenvalue weighted by Gasteiger charge is -2.29. The summed E-state index contributed by atoms with van der Waals surface area (Å²) in [4.78, 5) is 31.9. The fourth-order valence-electron chi connectivity index (χ4n) is 3.74. The summed E-state index contributed by atoms with van der Waals surface area (Å²) in [5.74, 6) is -1.17. The Kier molecular flexibility index (Phi) is 8.04. The van der Waals surface area contributed by atoms with E-state index in [1.54, 1.807) is 35.2 Å². The SMILES string of the molecule is O=C(NCC(=O)N1CCC(O)CC1)c1ccc(S(=O)(=O)N(Oc2ccc(F)cc2)c2ccccc2)cc1. The Bertz CT molecular complexity index is 1330. The number of para-hydroxylation sites is 1. The topological polar surface area (TPSA) is 116 Å². The molecule has 194 valence electrons. The van der Waals surface area contributed by atoms with Crippen molar-refractivity contribution in [2.45, 2.75) is 23.8 Å². The number of halogens is 1. The van der Waals surface area contributed by atoms with Crippen LogP contribution in [-0.2, 0) is 14.8 Å². The zero-order chi connectivity index (χ0) is 26.4. The van der Waals surface area contributed by atoms with E-state index >= 15 is 0 Å². The van der Waals surface area contributed by atoms with Gasteiger partial charge in [-0.2, -0.15) is 8.42 Å². The average molecular weight is 528 g/mol. The quantitative estimate of drug-likeness (QED) is 0.435. The van der Waals surface area contributed by atoms with Gasteiger partial charge in [-0.05, 0) is 73.5 Å². The number of nitrogens with zero attached hydrogens (tertiary/aromatic N) is 2. The predicted octanol–water partition coefficient (Wildman–Crippen LogP) is 2.73. The molecule has 0 radical (unpaired) electrons. The Morgan fingerprint density at radius 3 is 2.22 bits per heavy atom. The molecular formula is C26H26FN3O6S. The number of nitrogens with one attached hydrogen (secondary N) is 1. The minimum Gasteiger partial charge on any atom is -0.393 e. The normalized spacial score (nSPS) is 14.2. The second-order valence-electron chi connectivity index (χ2n) is 8.43. The van der Waals surface area contributed by atoms with E-state index in [-0.39, 0.29) is 34.3 Å². The molecule has 1 aliphatic rings. The summed E-state index contributed by atoms with van der Waals surface area (Å²) >= 11 is 0. The van der Waals surface area contributed by atoms with E-state index in [4.69, 9.17) is 4.84 Å². The number of rotatable bonds is 8. The van der Waals surface area contributed by atoms with Gasteiger partial charge in [-0.1, -0.05) is 22.7 Å². The van der Waals surface area contributed by atoms with Crippen LogP contribution in [0.25, 0.3) is 0 Å². The van der Waals surface area contributed by atoms with E-state index in [9.17, 15) is 27.5 Å². The highest BCUT2D eigenvalue weighted by Crippen LogP contribution is 2.26. The first-order valence-corrected chi connectivity index (χ1v) is 13.1. The van der Waals surface area contributed by atoms with Crippen LogP contribution >= 0.6 is 0 Å². The summed E-state index contributed by atoms with van der Waals surface area (Å²) in [5, 5.41) is 12.1. The number of hydrogen-bond acceptors (Lipinski definition) is 6. The van der Waals surface area contributed by atoms with Crippen molar-refractivity contribution in [2.24, 2.45) is 0 Å². The van der Waals surface area contributed by atoms with Crippen molar-refractivity contribution in [2.75, 3.05) is 24.1 Å². The molecule has 3 aromatic carbocycles. The largest absolute Gasteiger partial charge is 0.393 e. The van der Waals surface area contributed by atoms with Crippen molar-refractivity contribution in [1.29, 1.82) is 0 Å². The first kappa shape index (κ1) is 26.1. The van der Waals surface area contributed by atoms with Crippen molar-refractivity contribution in [3.05, 3.63) is 90.2 Å². The number of carbonyl (C=O) groups is 2. The molecule has 1 saturated heterocycles. The summed E-state index contributed by atoms with van der Waals surface area (Å²) < 4.78 is 40.9. The third kappa shape index (κ3) is 6.43. The van der Waals surface area contributed by atoms with Crippen LogP contribution in [-0.4, -0.2) is 56.0 Å². The van der Waals surface area contributed by atoms with Gasteiger partial charge in [0.1, 0.15) is 5.82 Å². The molecule has 0 saturated carbocycles. The van der Waals surface area contributed by atoms with Gasteiger partial charge in [0.25, 0.3) is 15.9 Å². The molecule has 9 nitrogen and oxygen atoms in total. The Balaban J connectivity index is 1.47. The van der Waals surface area contributed by atoms with Crippen molar-refractivity contribution < 1.29 is 32.3 Å². The van der Waals surface area contributed by atoms with Gasteiger partial charge in [-0.25, -0.2) is 4.39 Å². The molecule has 2 N–H and O–H groups in total. The van der Waals surface area contributed by atoms with Crippen LogP contribution in [0.15, 0.2) is 83.8 Å². The zero-order valence-corrected chi connectivity index (χ0v) is 20.6. The fourth-order valence-corrected chi connectivity index (χ4v) is 5.00. The van der Waals surface area contributed by atoms with Crippen LogP contribution in [0, 0.1) is 5.82 Å². The lowest BCUT2D eigenvalue weighted by atomic mass is 10.1. The van der Waals surface area contributed by atoms with Gasteiger partial charge in [0.15, 0.2) is 5.75 Å². The molecule has 1 heterocycles. The zero-order valence-electron chi connectivity index (χ0n) is 19.8. The van der Waals surface area contributed by atoms with Crippen LogP contribution in [0.2, 0.25) is 0 Å². The summed E-state index contributed by atoms with van der Waals surface area (Å²) in [6.45, 7) is 0.656. The third-order valence-corrected chi connectivity index (χ3v) is 7.41. The van der Waals surface area contributed by atoms with Gasteiger partial charge in [-0.15, -0.1) is 0 Å². The Labute approximate surface area is 214 Å². The van der Waals surface area contributed by atoms with Gasteiger partial charge in [0.05, 0.1) is 23.2 Å². The molecule has 0 atom stereocenters. The molecule has 0 spiro atoms. The van der Waals surface area contributed by atoms with E-state index in [1.807, 2.05) is 0 Å². The summed E-state index contributed by atoms with van der Waals surface area (Å²) in [6, 6.07) is 18.2. The van der Waals surface area contributed by atoms with Crippen molar-refractivity contribution in [3.8, 4) is 5.75 Å². The summed E-state index contributed by atoms with van der Waals surface area (Å²) in [7, 11) is -4.25. The second-order valence-corrected chi connectivity index (χ2v) is 10.2. The van der Waals surface area contributed by atoms with Crippen LogP contribution in [0.5, 0.6) is 5.75 Å². The third-order valence-electron chi connectivity index (χ3n) is 5.82. The maximum atomic E-state index is 13.5. The van der Waals surface area contributed by atoms with Crippen molar-refractivity contribution >= 4 is 27.5 Å². The van der Waals surface area contributed by atoms with Crippen molar-refractivity contribution in [3.63, 3.8) is 0 Å². The number of hydrogen-bond donors (Lipinski definition) is 2. The molecule has 0 unspecified atom stereocenters. The minimum atomic E-state index is -4.25. The first-order chi connectivity index (χ1) is 17.7. The van der Waals surface area contributed by atoms with Crippen LogP contribution in [0.3, 0.4) is 0 Å². The molecule has 3 aromatic rings. The second kappa shape index (κ2) is 11.4. The van der Waals surface area contributed by atoms with Crippen LogP contribution < -0.4 is 14.6 Å². The summed E-state index contributed by atoms with van der Waals surface area (Å²) in [5.41, 5.74) is 0.393. The van der Waals surface area contributed by atoms with Gasteiger partial charge >= 0.3 is 0 Å². The lowest BCUT2D eigenvalue weighted by Crippen LogP contribution is -2.45. The van der Waals surface area contributed by atoms with Crippen molar-refractivity contribution in [1.82, 2.24) is 10.2 Å². The number of anilines is 1. The Morgan fingerprint density at radius 2 is 1.59 bits per heavy atom. The van der Waals surface area contributed by atoms with Crippen LogP contribution in [0.4, 0.5) is 10.1 Å². The molecular weight excluding hydrogens is 501 g/mol. The molecule has 37 heavy (non-hydrogen) atoms. The van der Waals surface area contributed by atoms with E-state index in [2.05, 4.69) is 5.32 Å². The highest BCUT2D eigenvalue weighted by molar-refractivity contribution is 7.92. The predicted molar refractivity (Wildman–Crippen MR) is 134 cm³/mol. The first-order valence-electron chi connectivity index (χ1n) is 11.6. The average Bonchev–Trinajstić information content (AvgIpc) is 2.92. The number of carbonyl (C=O) groups excluding carboxylic acids is 2. The number of amides is 2. The van der Waals surface area contributed by atoms with Crippen LogP contribution in [0.1, 0.15) is 23.2 Å².